The van der Waals surface area contributed by atoms with Crippen LogP contribution in [0.25, 0.3) is 0 Å². The molecule has 110 valence electrons. The number of nitrogens with zero attached hydrogens (tertiary/aromatic N) is 2. The summed E-state index contributed by atoms with van der Waals surface area (Å²) in [5, 5.41) is 3.45. The largest absolute Gasteiger partial charge is 0.374 e. The van der Waals surface area contributed by atoms with E-state index in [1.165, 1.54) is 0 Å². The summed E-state index contributed by atoms with van der Waals surface area (Å²) in [5.41, 5.74) is -0.0608. The average Bonchev–Trinajstić information content (AvgIpc) is 2.83. The second-order valence-corrected chi connectivity index (χ2v) is 5.04. The van der Waals surface area contributed by atoms with Gasteiger partial charge in [-0.2, -0.15) is 0 Å². The molecular formula is C15H29N3O. The molecule has 1 atom stereocenters. The van der Waals surface area contributed by atoms with E-state index in [9.17, 15) is 0 Å². The number of rotatable bonds is 9. The normalized spacial score (nSPS) is 13.7. The highest BCUT2D eigenvalue weighted by Crippen LogP contribution is 2.27. The molecule has 0 aliphatic rings. The van der Waals surface area contributed by atoms with Gasteiger partial charge in [0, 0.05) is 38.5 Å². The minimum atomic E-state index is -0.0608. The van der Waals surface area contributed by atoms with Crippen LogP contribution in [0.15, 0.2) is 12.4 Å². The summed E-state index contributed by atoms with van der Waals surface area (Å²) in [6.45, 7) is 7.27. The van der Waals surface area contributed by atoms with Crippen LogP contribution in [0, 0.1) is 0 Å². The lowest BCUT2D eigenvalue weighted by atomic mass is 9.85. The van der Waals surface area contributed by atoms with Gasteiger partial charge in [0.25, 0.3) is 0 Å². The number of likely N-dealkylation sites (N-methyl/N-ethyl adjacent to an activating group) is 1. The molecule has 0 aliphatic carbocycles. The van der Waals surface area contributed by atoms with Crippen molar-refractivity contribution in [1.29, 1.82) is 0 Å². The monoisotopic (exact) mass is 267 g/mol. The van der Waals surface area contributed by atoms with E-state index in [1.807, 2.05) is 26.5 Å². The molecule has 0 amide bonds. The molecule has 0 radical (unpaired) electrons. The summed E-state index contributed by atoms with van der Waals surface area (Å²) < 4.78 is 8.18. The molecule has 4 nitrogen and oxygen atoms in total. The zero-order chi connectivity index (χ0) is 14.3. The predicted octanol–water partition coefficient (Wildman–Crippen LogP) is 2.54. The molecule has 1 N–H and O–H groups in total. The van der Waals surface area contributed by atoms with Gasteiger partial charge in [-0.05, 0) is 33.2 Å². The van der Waals surface area contributed by atoms with E-state index in [-0.39, 0.29) is 5.60 Å². The van der Waals surface area contributed by atoms with Crippen molar-refractivity contribution in [2.75, 3.05) is 13.7 Å². The summed E-state index contributed by atoms with van der Waals surface area (Å²) in [7, 11) is 4.08. The third-order valence-electron chi connectivity index (χ3n) is 4.19. The molecule has 1 heterocycles. The number of hydrogen-bond acceptors (Lipinski definition) is 3. The maximum Gasteiger partial charge on any atom is 0.108 e. The molecule has 1 aromatic rings. The van der Waals surface area contributed by atoms with Crippen LogP contribution in [0.4, 0.5) is 0 Å². The summed E-state index contributed by atoms with van der Waals surface area (Å²) in [6.07, 6.45) is 7.94. The maximum atomic E-state index is 6.09. The molecule has 0 spiro atoms. The fourth-order valence-electron chi connectivity index (χ4n) is 2.92. The molecule has 1 rings (SSSR count). The van der Waals surface area contributed by atoms with Crippen LogP contribution in [0.3, 0.4) is 0 Å². The maximum absolute atomic E-state index is 6.09. The van der Waals surface area contributed by atoms with Crippen molar-refractivity contribution in [3.63, 3.8) is 0 Å². The van der Waals surface area contributed by atoms with Gasteiger partial charge in [-0.15, -0.1) is 0 Å². The predicted molar refractivity (Wildman–Crippen MR) is 79.3 cm³/mol. The minimum Gasteiger partial charge on any atom is -0.374 e. The first-order valence-electron chi connectivity index (χ1n) is 7.40. The topological polar surface area (TPSA) is 39.1 Å². The van der Waals surface area contributed by atoms with Crippen LogP contribution >= 0.6 is 0 Å². The van der Waals surface area contributed by atoms with Gasteiger partial charge >= 0.3 is 0 Å². The first kappa shape index (κ1) is 16.2. The summed E-state index contributed by atoms with van der Waals surface area (Å²) in [5.74, 6) is 1.14. The molecule has 0 bridgehead atoms. The van der Waals surface area contributed by atoms with Gasteiger partial charge in [-0.1, -0.05) is 13.8 Å². The van der Waals surface area contributed by atoms with Crippen molar-refractivity contribution in [2.45, 2.75) is 58.1 Å². The third kappa shape index (κ3) is 3.80. The van der Waals surface area contributed by atoms with Crippen LogP contribution in [-0.2, 0) is 18.2 Å². The van der Waals surface area contributed by atoms with E-state index in [0.29, 0.717) is 6.04 Å². The SMILES string of the molecule is CCOC(CC)(CC)C(CCc1nccn1C)NC. The lowest BCUT2D eigenvalue weighted by molar-refractivity contribution is -0.0722. The quantitative estimate of drug-likeness (QED) is 0.747. The van der Waals surface area contributed by atoms with E-state index in [1.54, 1.807) is 0 Å². The first-order valence-corrected chi connectivity index (χ1v) is 7.40. The van der Waals surface area contributed by atoms with Crippen LogP contribution in [-0.4, -0.2) is 34.8 Å². The van der Waals surface area contributed by atoms with Crippen molar-refractivity contribution >= 4 is 0 Å². The zero-order valence-corrected chi connectivity index (χ0v) is 13.1. The number of hydrogen-bond donors (Lipinski definition) is 1. The lowest BCUT2D eigenvalue weighted by Gasteiger charge is -2.39. The van der Waals surface area contributed by atoms with Crippen molar-refractivity contribution in [2.24, 2.45) is 7.05 Å². The molecule has 1 unspecified atom stereocenters. The Morgan fingerprint density at radius 2 is 2.05 bits per heavy atom. The highest BCUT2D eigenvalue weighted by atomic mass is 16.5. The van der Waals surface area contributed by atoms with E-state index < -0.39 is 0 Å². The molecule has 4 heteroatoms. The average molecular weight is 267 g/mol. The second kappa shape index (κ2) is 7.65. The number of imidazole rings is 1. The Morgan fingerprint density at radius 1 is 1.37 bits per heavy atom. The number of aryl methyl sites for hydroxylation is 2. The van der Waals surface area contributed by atoms with Gasteiger partial charge in [0.1, 0.15) is 5.82 Å². The van der Waals surface area contributed by atoms with Gasteiger partial charge in [-0.25, -0.2) is 4.98 Å². The number of aromatic nitrogens is 2. The third-order valence-corrected chi connectivity index (χ3v) is 4.19. The van der Waals surface area contributed by atoms with E-state index in [0.717, 1.165) is 38.1 Å². The van der Waals surface area contributed by atoms with E-state index in [2.05, 4.69) is 35.6 Å². The van der Waals surface area contributed by atoms with Crippen molar-refractivity contribution in [3.8, 4) is 0 Å². The summed E-state index contributed by atoms with van der Waals surface area (Å²) in [6, 6.07) is 0.360. The fourth-order valence-corrected chi connectivity index (χ4v) is 2.92. The molecule has 0 aromatic carbocycles. The standard InChI is InChI=1S/C15H29N3O/c1-6-15(7-2,19-8-3)13(16-4)9-10-14-17-11-12-18(14)5/h11-13,16H,6-10H2,1-5H3. The Bertz CT molecular complexity index is 358. The highest BCUT2D eigenvalue weighted by Gasteiger charge is 2.35. The van der Waals surface area contributed by atoms with Gasteiger partial charge in [0.05, 0.1) is 5.60 Å². The second-order valence-electron chi connectivity index (χ2n) is 5.04. The van der Waals surface area contributed by atoms with Crippen LogP contribution in [0.5, 0.6) is 0 Å². The fraction of sp³-hybridized carbons (Fsp3) is 0.800. The molecule has 19 heavy (non-hydrogen) atoms. The van der Waals surface area contributed by atoms with Crippen molar-refractivity contribution < 1.29 is 4.74 Å². The number of nitrogens with one attached hydrogen (secondary N) is 1. The summed E-state index contributed by atoms with van der Waals surface area (Å²) >= 11 is 0. The van der Waals surface area contributed by atoms with Crippen molar-refractivity contribution in [1.82, 2.24) is 14.9 Å². The van der Waals surface area contributed by atoms with Gasteiger partial charge in [0.15, 0.2) is 0 Å². The van der Waals surface area contributed by atoms with Crippen LogP contribution in [0.1, 0.15) is 45.9 Å². The molecule has 1 aromatic heterocycles. The molecule has 0 aliphatic heterocycles. The Balaban J connectivity index is 2.72. The lowest BCUT2D eigenvalue weighted by Crippen LogP contribution is -2.51. The minimum absolute atomic E-state index is 0.0608. The molecule has 0 saturated carbocycles. The van der Waals surface area contributed by atoms with Gasteiger partial charge in [0.2, 0.25) is 0 Å². The molecule has 0 fully saturated rings. The Labute approximate surface area is 117 Å². The Morgan fingerprint density at radius 3 is 2.47 bits per heavy atom. The molecular weight excluding hydrogens is 238 g/mol. The van der Waals surface area contributed by atoms with E-state index in [4.69, 9.17) is 4.74 Å². The van der Waals surface area contributed by atoms with Crippen molar-refractivity contribution in [3.05, 3.63) is 18.2 Å². The van der Waals surface area contributed by atoms with Crippen LogP contribution in [0.2, 0.25) is 0 Å². The van der Waals surface area contributed by atoms with E-state index >= 15 is 0 Å². The molecule has 0 saturated heterocycles. The number of ether oxygens (including phenoxy) is 1. The Kier molecular flexibility index (Phi) is 6.52. The smallest absolute Gasteiger partial charge is 0.108 e. The Hall–Kier alpha value is -0.870. The van der Waals surface area contributed by atoms with Crippen LogP contribution < -0.4 is 5.32 Å². The zero-order valence-electron chi connectivity index (χ0n) is 13.1. The first-order chi connectivity index (χ1) is 9.13. The van der Waals surface area contributed by atoms with Gasteiger partial charge in [-0.3, -0.25) is 0 Å². The summed E-state index contributed by atoms with van der Waals surface area (Å²) in [4.78, 5) is 4.40. The van der Waals surface area contributed by atoms with Gasteiger partial charge < -0.3 is 14.6 Å². The highest BCUT2D eigenvalue weighted by molar-refractivity contribution is 4.96.